The Balaban J connectivity index is 3.33. The first kappa shape index (κ1) is 6.86. The molecule has 0 heteroatoms. The summed E-state index contributed by atoms with van der Waals surface area (Å²) >= 11 is 0. The van der Waals surface area contributed by atoms with E-state index in [1.165, 1.54) is 0 Å². The van der Waals surface area contributed by atoms with E-state index in [2.05, 4.69) is 17.8 Å². The molecule has 0 heterocycles. The van der Waals surface area contributed by atoms with Crippen LogP contribution in [0, 0.1) is 24.2 Å². The maximum Gasteiger partial charge on any atom is 0.0279 e. The van der Waals surface area contributed by atoms with Gasteiger partial charge >= 0.3 is 0 Å². The predicted octanol–water partition coefficient (Wildman–Crippen LogP) is 1.59. The number of rotatable bonds is 1. The zero-order chi connectivity index (χ0) is 6.24. The lowest BCUT2D eigenvalue weighted by atomic mass is 10.4. The zero-order valence-electron chi connectivity index (χ0n) is 4.94. The van der Waals surface area contributed by atoms with E-state index in [0.717, 1.165) is 6.42 Å². The van der Waals surface area contributed by atoms with Gasteiger partial charge in [-0.1, -0.05) is 18.1 Å². The predicted molar refractivity (Wildman–Crippen MR) is 36.0 cm³/mol. The molecular formula is C8H8. The Morgan fingerprint density at radius 1 is 1.62 bits per heavy atom. The summed E-state index contributed by atoms with van der Waals surface area (Å²) in [4.78, 5) is 0. The van der Waals surface area contributed by atoms with Crippen LogP contribution in [0.25, 0.3) is 0 Å². The summed E-state index contributed by atoms with van der Waals surface area (Å²) in [5, 5.41) is 0. The van der Waals surface area contributed by atoms with Gasteiger partial charge in [0.25, 0.3) is 0 Å². The minimum Gasteiger partial charge on any atom is -0.106 e. The molecule has 8 heavy (non-hydrogen) atoms. The van der Waals surface area contributed by atoms with E-state index in [1.54, 1.807) is 0 Å². The van der Waals surface area contributed by atoms with E-state index in [4.69, 9.17) is 6.42 Å². The average Bonchev–Trinajstić information content (AvgIpc) is 1.81. The van der Waals surface area contributed by atoms with Crippen LogP contribution < -0.4 is 0 Å². The molecule has 0 amide bonds. The van der Waals surface area contributed by atoms with E-state index in [9.17, 15) is 0 Å². The molecule has 0 aromatic heterocycles. The van der Waals surface area contributed by atoms with Crippen LogP contribution in [0.5, 0.6) is 0 Å². The number of hydrogen-bond acceptors (Lipinski definition) is 0. The maximum atomic E-state index is 4.86. The van der Waals surface area contributed by atoms with Crippen LogP contribution in [-0.2, 0) is 0 Å². The van der Waals surface area contributed by atoms with Crippen molar-refractivity contribution in [3.8, 4) is 24.2 Å². The van der Waals surface area contributed by atoms with Gasteiger partial charge in [-0.05, 0) is 18.8 Å². The second kappa shape index (κ2) is 5.86. The van der Waals surface area contributed by atoms with Crippen molar-refractivity contribution < 1.29 is 0 Å². The van der Waals surface area contributed by atoms with Crippen LogP contribution in [0.4, 0.5) is 0 Å². The molecule has 0 aliphatic heterocycles. The Kier molecular flexibility index (Phi) is 5.02. The largest absolute Gasteiger partial charge is 0.106 e. The second-order valence-corrected chi connectivity index (χ2v) is 1.22. The van der Waals surface area contributed by atoms with Crippen molar-refractivity contribution in [3.05, 3.63) is 12.2 Å². The van der Waals surface area contributed by atoms with Gasteiger partial charge in [-0.3, -0.25) is 0 Å². The summed E-state index contributed by atoms with van der Waals surface area (Å²) in [6, 6.07) is 0. The number of terminal acetylenes is 1. The molecule has 0 spiro atoms. The molecule has 0 radical (unpaired) electrons. The first-order valence-corrected chi connectivity index (χ1v) is 2.46. The van der Waals surface area contributed by atoms with Crippen molar-refractivity contribution in [3.63, 3.8) is 0 Å². The topological polar surface area (TPSA) is 0 Å². The van der Waals surface area contributed by atoms with E-state index in [1.807, 2.05) is 19.1 Å². The van der Waals surface area contributed by atoms with Gasteiger partial charge in [0.1, 0.15) is 0 Å². The smallest absolute Gasteiger partial charge is 0.0279 e. The lowest BCUT2D eigenvalue weighted by Crippen LogP contribution is -1.54. The van der Waals surface area contributed by atoms with E-state index >= 15 is 0 Å². The summed E-state index contributed by atoms with van der Waals surface area (Å²) in [6.45, 7) is 1.96. The molecule has 0 saturated heterocycles. The SMILES string of the molecule is C#CC#CCC=CC. The third kappa shape index (κ3) is 4.86. The summed E-state index contributed by atoms with van der Waals surface area (Å²) < 4.78 is 0. The molecule has 0 aliphatic carbocycles. The molecule has 0 aliphatic rings. The van der Waals surface area contributed by atoms with Crippen molar-refractivity contribution in [2.45, 2.75) is 13.3 Å². The van der Waals surface area contributed by atoms with Gasteiger partial charge < -0.3 is 0 Å². The third-order valence-corrected chi connectivity index (χ3v) is 0.616. The highest BCUT2D eigenvalue weighted by Crippen LogP contribution is 1.76. The lowest BCUT2D eigenvalue weighted by molar-refractivity contribution is 1.45. The van der Waals surface area contributed by atoms with Crippen LogP contribution in [0.3, 0.4) is 0 Å². The molecule has 40 valence electrons. The Morgan fingerprint density at radius 2 is 2.38 bits per heavy atom. The van der Waals surface area contributed by atoms with E-state index < -0.39 is 0 Å². The third-order valence-electron chi connectivity index (χ3n) is 0.616. The summed E-state index contributed by atoms with van der Waals surface area (Å²) in [6.07, 6.45) is 9.54. The van der Waals surface area contributed by atoms with Crippen molar-refractivity contribution in [2.24, 2.45) is 0 Å². The summed E-state index contributed by atoms with van der Waals surface area (Å²) in [7, 11) is 0. The molecule has 0 aromatic rings. The number of allylic oxidation sites excluding steroid dienone is 2. The fourth-order valence-electron chi connectivity index (χ4n) is 0.279. The second-order valence-electron chi connectivity index (χ2n) is 1.22. The molecule has 0 saturated carbocycles. The molecule has 0 atom stereocenters. The normalized spacial score (nSPS) is 7.50. The fraction of sp³-hybridized carbons (Fsp3) is 0.250. The van der Waals surface area contributed by atoms with Gasteiger partial charge in [-0.25, -0.2) is 0 Å². The first-order valence-electron chi connectivity index (χ1n) is 2.46. The highest BCUT2D eigenvalue weighted by Gasteiger charge is 1.61. The van der Waals surface area contributed by atoms with Crippen molar-refractivity contribution in [2.75, 3.05) is 0 Å². The molecule has 0 bridgehead atoms. The van der Waals surface area contributed by atoms with Crippen molar-refractivity contribution in [1.29, 1.82) is 0 Å². The first-order chi connectivity index (χ1) is 3.91. The monoisotopic (exact) mass is 104 g/mol. The van der Waals surface area contributed by atoms with Gasteiger partial charge in [0.15, 0.2) is 0 Å². The quantitative estimate of drug-likeness (QED) is 0.350. The van der Waals surface area contributed by atoms with Crippen LogP contribution in [0.1, 0.15) is 13.3 Å². The highest BCUT2D eigenvalue weighted by atomic mass is 13.7. The highest BCUT2D eigenvalue weighted by molar-refractivity contribution is 5.22. The molecule has 0 nitrogen and oxygen atoms in total. The van der Waals surface area contributed by atoms with Gasteiger partial charge in [0, 0.05) is 6.42 Å². The Labute approximate surface area is 50.6 Å². The molecule has 0 N–H and O–H groups in total. The maximum absolute atomic E-state index is 4.86. The molecule has 0 aromatic carbocycles. The van der Waals surface area contributed by atoms with Crippen LogP contribution in [-0.4, -0.2) is 0 Å². The minimum absolute atomic E-state index is 0.765. The van der Waals surface area contributed by atoms with Crippen LogP contribution in [0.15, 0.2) is 12.2 Å². The molecule has 0 fully saturated rings. The summed E-state index contributed by atoms with van der Waals surface area (Å²) in [5.74, 6) is 7.50. The van der Waals surface area contributed by atoms with E-state index in [0.29, 0.717) is 0 Å². The van der Waals surface area contributed by atoms with Crippen molar-refractivity contribution >= 4 is 0 Å². The Bertz CT molecular complexity index is 157. The van der Waals surface area contributed by atoms with Gasteiger partial charge in [0.05, 0.1) is 0 Å². The van der Waals surface area contributed by atoms with Gasteiger partial charge in [-0.15, -0.1) is 6.42 Å². The van der Waals surface area contributed by atoms with Crippen molar-refractivity contribution in [1.82, 2.24) is 0 Å². The van der Waals surface area contributed by atoms with Crippen LogP contribution in [0.2, 0.25) is 0 Å². The average molecular weight is 104 g/mol. The minimum atomic E-state index is 0.765. The Hall–Kier alpha value is -1.14. The summed E-state index contributed by atoms with van der Waals surface area (Å²) in [5.41, 5.74) is 0. The molecule has 0 rings (SSSR count). The zero-order valence-corrected chi connectivity index (χ0v) is 4.94. The fourth-order valence-corrected chi connectivity index (χ4v) is 0.279. The van der Waals surface area contributed by atoms with E-state index in [-0.39, 0.29) is 0 Å². The van der Waals surface area contributed by atoms with Crippen LogP contribution >= 0.6 is 0 Å². The Morgan fingerprint density at radius 3 is 2.88 bits per heavy atom. The standard InChI is InChI=1S/C8H8/c1-3-5-7-8-6-4-2/h1,4,6H,8H2,2H3. The molecular weight excluding hydrogens is 96.1 g/mol. The lowest BCUT2D eigenvalue weighted by Gasteiger charge is -1.68. The number of hydrogen-bond donors (Lipinski definition) is 0. The van der Waals surface area contributed by atoms with Gasteiger partial charge in [0.2, 0.25) is 0 Å². The molecule has 0 unspecified atom stereocenters. The van der Waals surface area contributed by atoms with Gasteiger partial charge in [-0.2, -0.15) is 0 Å².